The summed E-state index contributed by atoms with van der Waals surface area (Å²) in [5.74, 6) is 0. The van der Waals surface area contributed by atoms with Crippen LogP contribution in [0.1, 0.15) is 204 Å². The Balaban J connectivity index is 0.00000567. The van der Waals surface area contributed by atoms with Gasteiger partial charge in [0.2, 0.25) is 0 Å². The van der Waals surface area contributed by atoms with Gasteiger partial charge in [-0.3, -0.25) is 0 Å². The van der Waals surface area contributed by atoms with E-state index >= 15 is 0 Å². The van der Waals surface area contributed by atoms with Gasteiger partial charge in [0.05, 0.1) is 45.6 Å². The van der Waals surface area contributed by atoms with E-state index in [-0.39, 0.29) is 66.6 Å². The molecule has 6 aromatic carbocycles. The van der Waals surface area contributed by atoms with Gasteiger partial charge in [0.15, 0.2) is 0 Å². The molecule has 11 aromatic rings. The first-order valence-corrected chi connectivity index (χ1v) is 40.1. The summed E-state index contributed by atoms with van der Waals surface area (Å²) in [6.07, 6.45) is 22.7. The minimum Gasteiger partial charge on any atom is -0.658 e. The summed E-state index contributed by atoms with van der Waals surface area (Å²) in [6, 6.07) is 70.5. The summed E-state index contributed by atoms with van der Waals surface area (Å²) in [5.41, 5.74) is 32.4. The third-order valence-corrected chi connectivity index (χ3v) is 20.6. The zero-order chi connectivity index (χ0) is 78.8. The topological polar surface area (TPSA) is 108 Å². The van der Waals surface area contributed by atoms with E-state index in [1.807, 2.05) is 0 Å². The van der Waals surface area contributed by atoms with Gasteiger partial charge in [-0.1, -0.05) is 319 Å². The van der Waals surface area contributed by atoms with Gasteiger partial charge >= 0.3 is 34.1 Å². The van der Waals surface area contributed by atoms with E-state index in [1.54, 1.807) is 0 Å². The molecule has 4 aliphatic rings. The molecule has 16 bridgehead atoms. The second-order valence-electron chi connectivity index (χ2n) is 38.4. The van der Waals surface area contributed by atoms with E-state index in [9.17, 15) is 0 Å². The standard InChI is InChI=1S/C104H106N8.2Cu/c1-99(2,3)59-65-29-27-35-67(57-65)93-81-45-41-77(105-81)78-42-46-82(106-78)94(68-36-28-30-66(58-68)60-100(4,5)6)84-50-52-88(110-84)98(76-40-26-22-34-72(76)64-104(16,17)18)92-56-54-90(112-92)96(74-38-24-20-32-70(74)62-102(10,11)12)86-48-44-80(108-86)79-43-47-85(107-79)95(73-37-23-19-31-69(73)61-101(7,8)9)89-53-55-91(111-89)97(87-51-49-83(93)109-87)75-39-25-21-33-71(75)63-103(13,14)15;;/h19-58H,59-64H2,1-18H3;;/q-4;2*+2. The van der Waals surface area contributed by atoms with Crippen LogP contribution in [0.25, 0.3) is 160 Å². The molecule has 5 aromatic heterocycles. The predicted octanol–water partition coefficient (Wildman–Crippen LogP) is 26.8. The summed E-state index contributed by atoms with van der Waals surface area (Å²) >= 11 is 0. The fourth-order valence-corrected chi connectivity index (χ4v) is 16.5. The Bertz CT molecular complexity index is 5720. The van der Waals surface area contributed by atoms with Gasteiger partial charge in [-0.15, -0.1) is 22.1 Å². The van der Waals surface area contributed by atoms with Crippen molar-refractivity contribution in [3.05, 3.63) is 273 Å². The zero-order valence-electron chi connectivity index (χ0n) is 69.5. The van der Waals surface area contributed by atoms with Crippen LogP contribution in [-0.4, -0.2) is 19.9 Å². The second-order valence-corrected chi connectivity index (χ2v) is 38.4. The van der Waals surface area contributed by atoms with Crippen LogP contribution in [0.2, 0.25) is 0 Å². The summed E-state index contributed by atoms with van der Waals surface area (Å²) in [6.45, 7) is 41.6. The number of hydrogen-bond acceptors (Lipinski definition) is 4. The van der Waals surface area contributed by atoms with E-state index in [0.717, 1.165) is 195 Å². The average molecular weight is 1600 g/mol. The fourth-order valence-electron chi connectivity index (χ4n) is 16.5. The largest absolute Gasteiger partial charge is 2.00 e. The van der Waals surface area contributed by atoms with Gasteiger partial charge in [0, 0.05) is 11.1 Å². The van der Waals surface area contributed by atoms with Gasteiger partial charge in [0.25, 0.3) is 0 Å². The van der Waals surface area contributed by atoms with Crippen molar-refractivity contribution in [2.75, 3.05) is 0 Å². The van der Waals surface area contributed by atoms with Crippen molar-refractivity contribution in [1.82, 2.24) is 39.9 Å². The molecule has 0 saturated carbocycles. The molecule has 0 atom stereocenters. The zero-order valence-corrected chi connectivity index (χ0v) is 71.4. The van der Waals surface area contributed by atoms with E-state index < -0.39 is 0 Å². The monoisotopic (exact) mass is 1590 g/mol. The Morgan fingerprint density at radius 1 is 0.211 bits per heavy atom. The van der Waals surface area contributed by atoms with Crippen molar-refractivity contribution in [3.8, 4) is 66.8 Å². The quantitative estimate of drug-likeness (QED) is 0.111. The molecular weight excluding hydrogens is 1490 g/mol. The molecule has 0 spiro atoms. The summed E-state index contributed by atoms with van der Waals surface area (Å²) in [5, 5.41) is 0. The average Bonchev–Trinajstić information content (AvgIpc) is 1.61. The number of nitrogens with zero attached hydrogens (tertiary/aromatic N) is 8. The van der Waals surface area contributed by atoms with Gasteiger partial charge in [-0.25, -0.2) is 19.9 Å². The van der Waals surface area contributed by atoms with E-state index in [1.165, 1.54) is 33.4 Å². The van der Waals surface area contributed by atoms with Crippen molar-refractivity contribution in [2.45, 2.75) is 163 Å². The summed E-state index contributed by atoms with van der Waals surface area (Å²) in [4.78, 5) is 46.0. The SMILES string of the molecule is CC(C)(C)Cc1cccc(-c2c3nc(c(-c4ccccc4CC(C)(C)C)c4nc(c(-c5ccccc5CC(C)(C)C)c5ccc([n-]5)c5ccc([n-]5)c(-c5ccccc5CC(C)(C)C)c5nc(c(-c6ccccc6CC(C)(C)C)c6nc(c(-c7cccc(CC(C)(C)C)c7)c7ccc([n-]7)c7ccc2[n-]7)C=C6)C=C5)C=C4)C=C3)c1.[Cu+2].[Cu+2]. The van der Waals surface area contributed by atoms with E-state index in [4.69, 9.17) is 39.9 Å². The van der Waals surface area contributed by atoms with Crippen molar-refractivity contribution in [1.29, 1.82) is 0 Å². The molecule has 4 aliphatic heterocycles. The Morgan fingerprint density at radius 3 is 0.675 bits per heavy atom. The molecule has 9 heterocycles. The Kier molecular flexibility index (Phi) is 23.1. The van der Waals surface area contributed by atoms with Gasteiger partial charge < -0.3 is 19.9 Å². The number of fused-ring (bicyclic) bond motifs is 18. The van der Waals surface area contributed by atoms with Crippen molar-refractivity contribution >= 4 is 92.7 Å². The summed E-state index contributed by atoms with van der Waals surface area (Å²) in [7, 11) is 0. The molecule has 0 unspecified atom stereocenters. The second kappa shape index (κ2) is 32.2. The van der Waals surface area contributed by atoms with Gasteiger partial charge in [0.1, 0.15) is 0 Å². The van der Waals surface area contributed by atoms with Crippen LogP contribution in [0.4, 0.5) is 0 Å². The maximum atomic E-state index is 5.86. The molecule has 114 heavy (non-hydrogen) atoms. The van der Waals surface area contributed by atoms with Crippen LogP contribution in [0.15, 0.2) is 194 Å². The first-order valence-electron chi connectivity index (χ1n) is 40.1. The smallest absolute Gasteiger partial charge is 0.658 e. The fraction of sp³-hybridized carbons (Fsp3) is 0.288. The maximum absolute atomic E-state index is 5.86. The summed E-state index contributed by atoms with van der Waals surface area (Å²) < 4.78 is 0. The normalized spacial score (nSPS) is 12.9. The molecule has 10 heteroatoms. The molecule has 2 radical (unpaired) electrons. The maximum Gasteiger partial charge on any atom is 2.00 e. The van der Waals surface area contributed by atoms with Crippen LogP contribution in [0, 0.1) is 32.5 Å². The first kappa shape index (κ1) is 81.8. The van der Waals surface area contributed by atoms with Gasteiger partial charge in [-0.05, 0) is 209 Å². The van der Waals surface area contributed by atoms with Gasteiger partial charge in [-0.2, -0.15) is 22.1 Å². The predicted molar refractivity (Wildman–Crippen MR) is 476 cm³/mol. The third-order valence-electron chi connectivity index (χ3n) is 20.6. The van der Waals surface area contributed by atoms with Crippen LogP contribution < -0.4 is 19.9 Å². The minimum atomic E-state index is -0.0267. The van der Waals surface area contributed by atoms with Crippen LogP contribution in [0.3, 0.4) is 0 Å². The van der Waals surface area contributed by atoms with Crippen molar-refractivity contribution in [3.63, 3.8) is 0 Å². The third kappa shape index (κ3) is 18.6. The molecule has 0 aliphatic carbocycles. The molecular formula is C104H106Cu2N8. The molecule has 584 valence electrons. The Hall–Kier alpha value is -10.2. The minimum absolute atomic E-state index is 0. The van der Waals surface area contributed by atoms with Crippen LogP contribution in [0.5, 0.6) is 0 Å². The first-order chi connectivity index (χ1) is 53.2. The number of hydrogen-bond donors (Lipinski definition) is 0. The Morgan fingerprint density at radius 2 is 0.421 bits per heavy atom. The van der Waals surface area contributed by atoms with Crippen molar-refractivity contribution in [2.24, 2.45) is 32.5 Å². The molecule has 15 rings (SSSR count). The molecule has 0 saturated heterocycles. The number of rotatable bonds is 12. The van der Waals surface area contributed by atoms with Crippen molar-refractivity contribution < 1.29 is 34.1 Å². The Labute approximate surface area is 697 Å². The molecule has 0 amide bonds. The molecule has 8 nitrogen and oxygen atoms in total. The number of aromatic nitrogens is 8. The van der Waals surface area contributed by atoms with E-state index in [2.05, 4.69) is 367 Å². The number of benzene rings is 6. The van der Waals surface area contributed by atoms with E-state index in [0.29, 0.717) is 0 Å². The molecule has 0 N–H and O–H groups in total. The van der Waals surface area contributed by atoms with Crippen LogP contribution >= 0.6 is 0 Å². The van der Waals surface area contributed by atoms with Crippen LogP contribution in [-0.2, 0) is 72.7 Å². The molecule has 0 fully saturated rings.